The monoisotopic (exact) mass is 271 g/mol. The summed E-state index contributed by atoms with van der Waals surface area (Å²) in [5, 5.41) is 2.72. The molecule has 5 heteroatoms. The highest BCUT2D eigenvalue weighted by Crippen LogP contribution is 2.19. The molecule has 20 heavy (non-hydrogen) atoms. The summed E-state index contributed by atoms with van der Waals surface area (Å²) in [5.74, 6) is 1.00. The van der Waals surface area contributed by atoms with Crippen molar-refractivity contribution in [3.05, 3.63) is 48.2 Å². The molecule has 0 saturated heterocycles. The van der Waals surface area contributed by atoms with Gasteiger partial charge >= 0.3 is 0 Å². The Bertz CT molecular complexity index is 599. The molecule has 3 N–H and O–H groups in total. The Kier molecular flexibility index (Phi) is 4.55. The third kappa shape index (κ3) is 3.98. The lowest BCUT2D eigenvalue weighted by Crippen LogP contribution is -2.16. The van der Waals surface area contributed by atoms with Gasteiger partial charge in [-0.05, 0) is 31.2 Å². The van der Waals surface area contributed by atoms with Crippen LogP contribution in [0.15, 0.2) is 42.5 Å². The maximum Gasteiger partial charge on any atom is 0.228 e. The maximum atomic E-state index is 11.7. The number of nitrogens with one attached hydrogen (secondary N) is 1. The lowest BCUT2D eigenvalue weighted by Gasteiger charge is -2.08. The van der Waals surface area contributed by atoms with Crippen molar-refractivity contribution < 1.29 is 9.53 Å². The van der Waals surface area contributed by atoms with E-state index in [1.807, 2.05) is 31.2 Å². The minimum Gasteiger partial charge on any atom is -0.491 e. The minimum atomic E-state index is -0.141. The number of para-hydroxylation sites is 2. The molecule has 5 nitrogen and oxygen atoms in total. The average Bonchev–Trinajstić information content (AvgIpc) is 2.41. The van der Waals surface area contributed by atoms with E-state index in [1.54, 1.807) is 18.2 Å². The predicted octanol–water partition coefficient (Wildman–Crippen LogP) is 2.38. The van der Waals surface area contributed by atoms with Crippen LogP contribution in [-0.4, -0.2) is 17.5 Å². The normalized spacial score (nSPS) is 10.1. The first-order valence-electron chi connectivity index (χ1n) is 6.36. The molecular formula is C15H17N3O2. The van der Waals surface area contributed by atoms with Crippen molar-refractivity contribution in [1.82, 2.24) is 4.98 Å². The molecule has 104 valence electrons. The van der Waals surface area contributed by atoms with Crippen LogP contribution in [0.4, 0.5) is 11.5 Å². The van der Waals surface area contributed by atoms with E-state index in [-0.39, 0.29) is 18.9 Å². The highest BCUT2D eigenvalue weighted by atomic mass is 16.5. The lowest BCUT2D eigenvalue weighted by atomic mass is 10.3. The van der Waals surface area contributed by atoms with Gasteiger partial charge in [-0.3, -0.25) is 4.79 Å². The second kappa shape index (κ2) is 6.56. The summed E-state index contributed by atoms with van der Waals surface area (Å²) in [6.45, 7) is 2.14. The Balaban J connectivity index is 1.80. The Hall–Kier alpha value is -2.56. The Morgan fingerprint density at radius 1 is 1.25 bits per heavy atom. The third-order valence-corrected chi connectivity index (χ3v) is 2.66. The molecule has 0 radical (unpaired) electrons. The fraction of sp³-hybridized carbons (Fsp3) is 0.200. The van der Waals surface area contributed by atoms with E-state index in [4.69, 9.17) is 10.5 Å². The van der Waals surface area contributed by atoms with E-state index < -0.39 is 0 Å². The van der Waals surface area contributed by atoms with Crippen LogP contribution in [0.5, 0.6) is 5.75 Å². The van der Waals surface area contributed by atoms with Crippen molar-refractivity contribution in [2.75, 3.05) is 17.7 Å². The van der Waals surface area contributed by atoms with Gasteiger partial charge in [-0.15, -0.1) is 0 Å². The van der Waals surface area contributed by atoms with Gasteiger partial charge in [0.2, 0.25) is 5.91 Å². The van der Waals surface area contributed by atoms with Crippen LogP contribution < -0.4 is 15.8 Å². The van der Waals surface area contributed by atoms with Gasteiger partial charge in [0.1, 0.15) is 11.6 Å². The second-order valence-corrected chi connectivity index (χ2v) is 4.35. The predicted molar refractivity (Wildman–Crippen MR) is 78.6 cm³/mol. The zero-order valence-electron chi connectivity index (χ0n) is 11.3. The molecule has 0 bridgehead atoms. The number of carbonyl (C=O) groups excluding carboxylic acids is 1. The summed E-state index contributed by atoms with van der Waals surface area (Å²) in [7, 11) is 0. The number of nitrogens with two attached hydrogens (primary N) is 1. The molecule has 1 heterocycles. The number of carbonyl (C=O) groups is 1. The molecule has 1 aromatic heterocycles. The molecule has 0 fully saturated rings. The van der Waals surface area contributed by atoms with Crippen molar-refractivity contribution in [3.63, 3.8) is 0 Å². The molecule has 2 rings (SSSR count). The second-order valence-electron chi connectivity index (χ2n) is 4.35. The molecule has 0 saturated carbocycles. The van der Waals surface area contributed by atoms with E-state index in [2.05, 4.69) is 10.3 Å². The van der Waals surface area contributed by atoms with E-state index in [9.17, 15) is 4.79 Å². The van der Waals surface area contributed by atoms with Crippen molar-refractivity contribution in [2.45, 2.75) is 13.3 Å². The number of anilines is 2. The van der Waals surface area contributed by atoms with E-state index in [0.717, 1.165) is 5.69 Å². The fourth-order valence-electron chi connectivity index (χ4n) is 1.68. The van der Waals surface area contributed by atoms with Gasteiger partial charge in [-0.1, -0.05) is 18.2 Å². The van der Waals surface area contributed by atoms with Crippen LogP contribution >= 0.6 is 0 Å². The minimum absolute atomic E-state index is 0.141. The number of hydrogen-bond donors (Lipinski definition) is 2. The number of amides is 1. The molecule has 0 spiro atoms. The largest absolute Gasteiger partial charge is 0.491 e. The van der Waals surface area contributed by atoms with Gasteiger partial charge in [-0.25, -0.2) is 4.98 Å². The van der Waals surface area contributed by atoms with Crippen molar-refractivity contribution in [3.8, 4) is 5.75 Å². The Morgan fingerprint density at radius 2 is 2.05 bits per heavy atom. The van der Waals surface area contributed by atoms with Crippen LogP contribution in [0, 0.1) is 6.92 Å². The van der Waals surface area contributed by atoms with Gasteiger partial charge in [0, 0.05) is 5.69 Å². The average molecular weight is 271 g/mol. The number of benzene rings is 1. The molecule has 2 aromatic rings. The molecule has 0 atom stereocenters. The number of aromatic nitrogens is 1. The van der Waals surface area contributed by atoms with E-state index >= 15 is 0 Å². The fourth-order valence-corrected chi connectivity index (χ4v) is 1.68. The summed E-state index contributed by atoms with van der Waals surface area (Å²) in [4.78, 5) is 15.9. The van der Waals surface area contributed by atoms with Crippen molar-refractivity contribution >= 4 is 17.4 Å². The molecule has 0 aliphatic carbocycles. The van der Waals surface area contributed by atoms with Crippen LogP contribution in [0.1, 0.15) is 12.1 Å². The van der Waals surface area contributed by atoms with Gasteiger partial charge < -0.3 is 15.8 Å². The Morgan fingerprint density at radius 3 is 2.80 bits per heavy atom. The topological polar surface area (TPSA) is 77.2 Å². The van der Waals surface area contributed by atoms with Crippen molar-refractivity contribution in [1.29, 1.82) is 0 Å². The zero-order valence-corrected chi connectivity index (χ0v) is 11.3. The van der Waals surface area contributed by atoms with Gasteiger partial charge in [0.05, 0.1) is 18.7 Å². The number of hydrogen-bond acceptors (Lipinski definition) is 4. The smallest absolute Gasteiger partial charge is 0.228 e. The number of rotatable bonds is 5. The van der Waals surface area contributed by atoms with Crippen LogP contribution in [0.2, 0.25) is 0 Å². The Labute approximate surface area is 117 Å². The van der Waals surface area contributed by atoms with Crippen LogP contribution in [-0.2, 0) is 4.79 Å². The molecule has 1 aromatic carbocycles. The number of nitrogen functional groups attached to an aromatic ring is 1. The molecule has 0 aliphatic heterocycles. The summed E-state index contributed by atoms with van der Waals surface area (Å²) in [6, 6.07) is 12.7. The number of pyridine rings is 1. The zero-order chi connectivity index (χ0) is 14.4. The van der Waals surface area contributed by atoms with E-state index in [1.165, 1.54) is 0 Å². The van der Waals surface area contributed by atoms with Crippen molar-refractivity contribution in [2.24, 2.45) is 0 Å². The highest BCUT2D eigenvalue weighted by Gasteiger charge is 2.05. The maximum absolute atomic E-state index is 11.7. The van der Waals surface area contributed by atoms with Crippen LogP contribution in [0.3, 0.4) is 0 Å². The van der Waals surface area contributed by atoms with E-state index in [0.29, 0.717) is 17.3 Å². The molecular weight excluding hydrogens is 254 g/mol. The first-order chi connectivity index (χ1) is 9.65. The summed E-state index contributed by atoms with van der Waals surface area (Å²) in [5.41, 5.74) is 7.16. The number of ether oxygens (including phenoxy) is 1. The van der Waals surface area contributed by atoms with Gasteiger partial charge in [-0.2, -0.15) is 0 Å². The summed E-state index contributed by atoms with van der Waals surface area (Å²) in [6.07, 6.45) is 0.240. The first kappa shape index (κ1) is 13.9. The molecule has 0 aliphatic rings. The lowest BCUT2D eigenvalue weighted by molar-refractivity contribution is -0.116. The standard InChI is InChI=1S/C15H17N3O2/c1-11-5-4-8-14(17-11)18-15(19)9-10-20-13-7-3-2-6-12(13)16/h2-8H,9-10,16H2,1H3,(H,17,18,19). The third-order valence-electron chi connectivity index (χ3n) is 2.66. The van der Waals surface area contributed by atoms with Crippen LogP contribution in [0.25, 0.3) is 0 Å². The highest BCUT2D eigenvalue weighted by molar-refractivity contribution is 5.89. The number of aryl methyl sites for hydroxylation is 1. The number of nitrogens with zero attached hydrogens (tertiary/aromatic N) is 1. The SMILES string of the molecule is Cc1cccc(NC(=O)CCOc2ccccc2N)n1. The van der Waals surface area contributed by atoms with Gasteiger partial charge in [0.15, 0.2) is 0 Å². The first-order valence-corrected chi connectivity index (χ1v) is 6.36. The summed E-state index contributed by atoms with van der Waals surface area (Å²) < 4.78 is 5.46. The molecule has 1 amide bonds. The summed E-state index contributed by atoms with van der Waals surface area (Å²) >= 11 is 0. The molecule has 0 unspecified atom stereocenters. The van der Waals surface area contributed by atoms with Gasteiger partial charge in [0.25, 0.3) is 0 Å². The quantitative estimate of drug-likeness (QED) is 0.818.